The molecule has 1 unspecified atom stereocenters. The van der Waals surface area contributed by atoms with E-state index in [0.29, 0.717) is 18.5 Å². The van der Waals surface area contributed by atoms with Gasteiger partial charge in [-0.3, -0.25) is 4.40 Å². The number of aromatic nitrogens is 2. The second kappa shape index (κ2) is 5.11. The predicted molar refractivity (Wildman–Crippen MR) is 75.0 cm³/mol. The molecular weight excluding hydrogens is 261 g/mol. The molecule has 0 aliphatic carbocycles. The number of hydrogen-bond donors (Lipinski definition) is 1. The first-order valence-corrected chi connectivity index (χ1v) is 7.01. The van der Waals surface area contributed by atoms with Crippen LogP contribution >= 0.6 is 11.3 Å². The van der Waals surface area contributed by atoms with Crippen molar-refractivity contribution in [2.75, 3.05) is 6.54 Å². The van der Waals surface area contributed by atoms with Crippen LogP contribution in [0.3, 0.4) is 0 Å². The van der Waals surface area contributed by atoms with Gasteiger partial charge < -0.3 is 5.73 Å². The molecule has 0 aliphatic heterocycles. The summed E-state index contributed by atoms with van der Waals surface area (Å²) in [4.78, 5) is 5.48. The Bertz CT molecular complexity index is 660. The third kappa shape index (κ3) is 2.39. The van der Waals surface area contributed by atoms with Gasteiger partial charge in [-0.1, -0.05) is 18.2 Å². The van der Waals surface area contributed by atoms with Crippen LogP contribution in [-0.4, -0.2) is 15.9 Å². The molecular formula is C14H14FN3S. The highest BCUT2D eigenvalue weighted by Gasteiger charge is 2.16. The van der Waals surface area contributed by atoms with E-state index in [1.54, 1.807) is 23.5 Å². The Hall–Kier alpha value is -1.72. The number of fused-ring (bicyclic) bond motifs is 1. The highest BCUT2D eigenvalue weighted by Crippen LogP contribution is 2.23. The van der Waals surface area contributed by atoms with E-state index in [0.717, 1.165) is 10.7 Å². The lowest BCUT2D eigenvalue weighted by molar-refractivity contribution is 0.574. The molecule has 19 heavy (non-hydrogen) atoms. The molecule has 0 spiro atoms. The summed E-state index contributed by atoms with van der Waals surface area (Å²) >= 11 is 1.59. The first-order chi connectivity index (χ1) is 9.28. The molecule has 2 N–H and O–H groups in total. The largest absolute Gasteiger partial charge is 0.330 e. The quantitative estimate of drug-likeness (QED) is 0.795. The third-order valence-corrected chi connectivity index (χ3v) is 4.00. The number of imidazole rings is 1. The molecule has 1 atom stereocenters. The Labute approximate surface area is 114 Å². The van der Waals surface area contributed by atoms with Crippen LogP contribution < -0.4 is 5.73 Å². The molecule has 0 saturated carbocycles. The second-order valence-corrected chi connectivity index (χ2v) is 5.36. The average Bonchev–Trinajstić information content (AvgIpc) is 2.97. The van der Waals surface area contributed by atoms with Gasteiger partial charge in [0.05, 0.1) is 5.69 Å². The Morgan fingerprint density at radius 2 is 2.21 bits per heavy atom. The molecule has 3 rings (SSSR count). The zero-order valence-corrected chi connectivity index (χ0v) is 11.1. The summed E-state index contributed by atoms with van der Waals surface area (Å²) in [5.74, 6) is -0.232. The van der Waals surface area contributed by atoms with Crippen LogP contribution in [-0.2, 0) is 6.42 Å². The summed E-state index contributed by atoms with van der Waals surface area (Å²) < 4.78 is 15.8. The lowest BCUT2D eigenvalue weighted by Crippen LogP contribution is -2.16. The van der Waals surface area contributed by atoms with Crippen molar-refractivity contribution in [3.63, 3.8) is 0 Å². The fourth-order valence-electron chi connectivity index (χ4n) is 2.25. The average molecular weight is 275 g/mol. The maximum Gasteiger partial charge on any atom is 0.193 e. The highest BCUT2D eigenvalue weighted by atomic mass is 32.1. The van der Waals surface area contributed by atoms with Crippen LogP contribution in [0.25, 0.3) is 4.96 Å². The fraction of sp³-hybridized carbons (Fsp3) is 0.214. The van der Waals surface area contributed by atoms with Gasteiger partial charge in [-0.25, -0.2) is 9.37 Å². The summed E-state index contributed by atoms with van der Waals surface area (Å²) in [5, 5.41) is 1.99. The molecule has 0 aliphatic rings. The van der Waals surface area contributed by atoms with Crippen LogP contribution in [0.1, 0.15) is 17.2 Å². The second-order valence-electron chi connectivity index (χ2n) is 4.48. The van der Waals surface area contributed by atoms with Gasteiger partial charge >= 0.3 is 0 Å². The zero-order valence-electron chi connectivity index (χ0n) is 10.3. The summed E-state index contributed by atoms with van der Waals surface area (Å²) in [6.07, 6.45) is 4.61. The molecule has 0 radical (unpaired) electrons. The predicted octanol–water partition coefficient (Wildman–Crippen LogP) is 2.82. The van der Waals surface area contributed by atoms with Gasteiger partial charge in [-0.2, -0.15) is 0 Å². The Morgan fingerprint density at radius 3 is 2.95 bits per heavy atom. The Kier molecular flexibility index (Phi) is 3.31. The number of hydrogen-bond acceptors (Lipinski definition) is 3. The summed E-state index contributed by atoms with van der Waals surface area (Å²) in [6, 6.07) is 6.81. The van der Waals surface area contributed by atoms with Crippen molar-refractivity contribution < 1.29 is 4.39 Å². The maximum absolute atomic E-state index is 13.8. The lowest BCUT2D eigenvalue weighted by Gasteiger charge is -2.14. The fourth-order valence-corrected chi connectivity index (χ4v) is 2.97. The van der Waals surface area contributed by atoms with E-state index in [9.17, 15) is 4.39 Å². The minimum atomic E-state index is -0.195. The van der Waals surface area contributed by atoms with E-state index in [2.05, 4.69) is 4.98 Å². The van der Waals surface area contributed by atoms with Crippen LogP contribution in [0.15, 0.2) is 42.0 Å². The molecule has 2 heterocycles. The molecule has 0 fully saturated rings. The first kappa shape index (κ1) is 12.3. The van der Waals surface area contributed by atoms with Crippen molar-refractivity contribution in [1.29, 1.82) is 0 Å². The maximum atomic E-state index is 13.8. The van der Waals surface area contributed by atoms with Gasteiger partial charge in [0.25, 0.3) is 0 Å². The van der Waals surface area contributed by atoms with Crippen LogP contribution in [0.4, 0.5) is 4.39 Å². The number of benzene rings is 1. The van der Waals surface area contributed by atoms with Crippen LogP contribution in [0.2, 0.25) is 0 Å². The standard InChI is InChI=1S/C14H14FN3S/c15-13-4-2-1-3-12(13)10(8-16)7-11-9-18-5-6-19-14(18)17-11/h1-6,9-10H,7-8,16H2. The van der Waals surface area contributed by atoms with E-state index in [-0.39, 0.29) is 11.7 Å². The molecule has 0 bridgehead atoms. The van der Waals surface area contributed by atoms with Crippen molar-refractivity contribution in [2.45, 2.75) is 12.3 Å². The van der Waals surface area contributed by atoms with Crippen molar-refractivity contribution in [3.05, 3.63) is 59.1 Å². The Morgan fingerprint density at radius 1 is 1.37 bits per heavy atom. The van der Waals surface area contributed by atoms with E-state index in [1.165, 1.54) is 6.07 Å². The van der Waals surface area contributed by atoms with E-state index in [1.807, 2.05) is 28.2 Å². The lowest BCUT2D eigenvalue weighted by atomic mass is 9.94. The van der Waals surface area contributed by atoms with Crippen molar-refractivity contribution in [2.24, 2.45) is 5.73 Å². The van der Waals surface area contributed by atoms with Gasteiger partial charge in [0.1, 0.15) is 5.82 Å². The molecule has 0 amide bonds. The summed E-state index contributed by atoms with van der Waals surface area (Å²) in [5.41, 5.74) is 7.41. The minimum Gasteiger partial charge on any atom is -0.330 e. The van der Waals surface area contributed by atoms with Gasteiger partial charge in [-0.05, 0) is 24.6 Å². The van der Waals surface area contributed by atoms with Gasteiger partial charge in [-0.15, -0.1) is 11.3 Å². The van der Waals surface area contributed by atoms with Crippen molar-refractivity contribution in [1.82, 2.24) is 9.38 Å². The third-order valence-electron chi connectivity index (χ3n) is 3.23. The summed E-state index contributed by atoms with van der Waals surface area (Å²) in [7, 11) is 0. The van der Waals surface area contributed by atoms with Gasteiger partial charge in [0.15, 0.2) is 4.96 Å². The molecule has 3 aromatic rings. The number of nitrogens with two attached hydrogens (primary N) is 1. The van der Waals surface area contributed by atoms with Crippen molar-refractivity contribution >= 4 is 16.3 Å². The Balaban J connectivity index is 1.87. The van der Waals surface area contributed by atoms with Crippen LogP contribution in [0.5, 0.6) is 0 Å². The highest BCUT2D eigenvalue weighted by molar-refractivity contribution is 7.15. The molecule has 5 heteroatoms. The number of halogens is 1. The smallest absolute Gasteiger partial charge is 0.193 e. The SMILES string of the molecule is NCC(Cc1cn2ccsc2n1)c1ccccc1F. The number of thiazole rings is 1. The van der Waals surface area contributed by atoms with Crippen molar-refractivity contribution in [3.8, 4) is 0 Å². The molecule has 3 nitrogen and oxygen atoms in total. The molecule has 98 valence electrons. The van der Waals surface area contributed by atoms with E-state index >= 15 is 0 Å². The topological polar surface area (TPSA) is 43.3 Å². The van der Waals surface area contributed by atoms with Crippen LogP contribution in [0, 0.1) is 5.82 Å². The molecule has 0 saturated heterocycles. The normalized spacial score (nSPS) is 12.9. The first-order valence-electron chi connectivity index (χ1n) is 6.13. The molecule has 2 aromatic heterocycles. The van der Waals surface area contributed by atoms with Gasteiger partial charge in [0, 0.05) is 23.7 Å². The van der Waals surface area contributed by atoms with E-state index in [4.69, 9.17) is 5.73 Å². The summed E-state index contributed by atoms with van der Waals surface area (Å²) in [6.45, 7) is 0.409. The minimum absolute atomic E-state index is 0.0363. The zero-order chi connectivity index (χ0) is 13.2. The number of rotatable bonds is 4. The monoisotopic (exact) mass is 275 g/mol. The number of nitrogens with zero attached hydrogens (tertiary/aromatic N) is 2. The molecule has 1 aromatic carbocycles. The van der Waals surface area contributed by atoms with E-state index < -0.39 is 0 Å². The van der Waals surface area contributed by atoms with Gasteiger partial charge in [0.2, 0.25) is 0 Å².